The number of allylic oxidation sites excluding steroid dienone is 2. The van der Waals surface area contributed by atoms with Crippen LogP contribution in [0, 0.1) is 5.92 Å². The molecule has 1 unspecified atom stereocenters. The lowest BCUT2D eigenvalue weighted by Crippen LogP contribution is -2.48. The number of carbonyl (C=O) groups excluding carboxylic acids is 1. The fourth-order valence-electron chi connectivity index (χ4n) is 4.14. The van der Waals surface area contributed by atoms with Crippen LogP contribution in [0.2, 0.25) is 0 Å². The standard InChI is InChI=1S/C21H19BrF7N3O2/c1-10-18(11-2-13(20(24,25)26)5-14(3-11)21(27,28)29)34-19(33)32(10)7-12-4-17(30-6-16(12)22)31-8-15(23)9-31/h2-4,6,10,13,15,18H,5,7-9H2,1H3/t10-,13?,18-/m0/s1. The van der Waals surface area contributed by atoms with Crippen LogP contribution >= 0.6 is 15.9 Å². The molecule has 1 amide bonds. The maximum Gasteiger partial charge on any atom is 0.412 e. The van der Waals surface area contributed by atoms with Crippen LogP contribution in [0.5, 0.6) is 0 Å². The number of pyridine rings is 1. The lowest BCUT2D eigenvalue weighted by molar-refractivity contribution is -0.166. The summed E-state index contributed by atoms with van der Waals surface area (Å²) >= 11 is 3.32. The Balaban J connectivity index is 1.58. The first-order valence-corrected chi connectivity index (χ1v) is 11.1. The molecule has 0 aromatic carbocycles. The molecule has 1 aliphatic carbocycles. The van der Waals surface area contributed by atoms with Crippen molar-refractivity contribution in [3.63, 3.8) is 0 Å². The average Bonchev–Trinajstić information content (AvgIpc) is 3.00. The maximum atomic E-state index is 13.3. The van der Waals surface area contributed by atoms with Crippen molar-refractivity contribution in [2.45, 2.75) is 50.6 Å². The molecule has 3 aliphatic rings. The van der Waals surface area contributed by atoms with Crippen molar-refractivity contribution in [3.8, 4) is 0 Å². The molecule has 0 radical (unpaired) electrons. The molecular weight excluding hydrogens is 539 g/mol. The van der Waals surface area contributed by atoms with Crippen molar-refractivity contribution in [1.82, 2.24) is 9.88 Å². The SMILES string of the molecule is C[C@H]1[C@@H](C2=CC(C(F)(F)F)CC(C(F)(F)F)=C2)OC(=O)N1Cc1cc(N2CC(F)C2)ncc1Br. The topological polar surface area (TPSA) is 45.7 Å². The van der Waals surface area contributed by atoms with E-state index >= 15 is 0 Å². The summed E-state index contributed by atoms with van der Waals surface area (Å²) < 4.78 is 98.7. The van der Waals surface area contributed by atoms with E-state index in [0.717, 1.165) is 0 Å². The zero-order chi connectivity index (χ0) is 25.0. The van der Waals surface area contributed by atoms with Crippen LogP contribution in [0.3, 0.4) is 0 Å². The summed E-state index contributed by atoms with van der Waals surface area (Å²) in [4.78, 5) is 19.7. The molecule has 3 heterocycles. The van der Waals surface area contributed by atoms with Crippen molar-refractivity contribution in [2.24, 2.45) is 5.92 Å². The summed E-state index contributed by atoms with van der Waals surface area (Å²) in [7, 11) is 0. The van der Waals surface area contributed by atoms with Crippen molar-refractivity contribution >= 4 is 27.8 Å². The highest BCUT2D eigenvalue weighted by molar-refractivity contribution is 9.10. The summed E-state index contributed by atoms with van der Waals surface area (Å²) in [6.45, 7) is 1.82. The second kappa shape index (κ2) is 8.72. The van der Waals surface area contributed by atoms with Gasteiger partial charge < -0.3 is 9.64 Å². The molecule has 0 saturated carbocycles. The predicted molar refractivity (Wildman–Crippen MR) is 111 cm³/mol. The summed E-state index contributed by atoms with van der Waals surface area (Å²) in [5.41, 5.74) is -1.08. The summed E-state index contributed by atoms with van der Waals surface area (Å²) in [6.07, 6.45) is -11.4. The minimum Gasteiger partial charge on any atom is -0.439 e. The largest absolute Gasteiger partial charge is 0.439 e. The highest BCUT2D eigenvalue weighted by Crippen LogP contribution is 2.43. The Kier molecular flexibility index (Phi) is 6.36. The number of hydrogen-bond donors (Lipinski definition) is 0. The Bertz CT molecular complexity index is 1030. The third-order valence-corrected chi connectivity index (χ3v) is 6.82. The number of alkyl halides is 7. The normalized spacial score (nSPS) is 26.3. The Morgan fingerprint density at radius 3 is 2.47 bits per heavy atom. The lowest BCUT2D eigenvalue weighted by atomic mass is 9.86. The number of nitrogens with zero attached hydrogens (tertiary/aromatic N) is 3. The number of anilines is 1. The smallest absolute Gasteiger partial charge is 0.412 e. The van der Waals surface area contributed by atoms with Crippen molar-refractivity contribution in [1.29, 1.82) is 0 Å². The van der Waals surface area contributed by atoms with Gasteiger partial charge in [0.1, 0.15) is 18.1 Å². The Morgan fingerprint density at radius 2 is 1.88 bits per heavy atom. The van der Waals surface area contributed by atoms with E-state index in [1.165, 1.54) is 18.0 Å². The number of amides is 1. The van der Waals surface area contributed by atoms with E-state index in [4.69, 9.17) is 4.74 Å². The van der Waals surface area contributed by atoms with E-state index in [2.05, 4.69) is 20.9 Å². The predicted octanol–water partition coefficient (Wildman–Crippen LogP) is 5.71. The fraction of sp³-hybridized carbons (Fsp3) is 0.524. The van der Waals surface area contributed by atoms with Gasteiger partial charge in [0.2, 0.25) is 0 Å². The van der Waals surface area contributed by atoms with Gasteiger partial charge in [-0.3, -0.25) is 4.90 Å². The molecule has 0 bridgehead atoms. The van der Waals surface area contributed by atoms with Crippen LogP contribution in [0.4, 0.5) is 41.3 Å². The van der Waals surface area contributed by atoms with E-state index in [9.17, 15) is 35.5 Å². The second-order valence-corrected chi connectivity index (χ2v) is 9.35. The number of halogens is 8. The molecule has 2 saturated heterocycles. The van der Waals surface area contributed by atoms with E-state index in [1.807, 2.05) is 0 Å². The van der Waals surface area contributed by atoms with Gasteiger partial charge in [-0.25, -0.2) is 14.2 Å². The monoisotopic (exact) mass is 557 g/mol. The molecule has 3 atom stereocenters. The van der Waals surface area contributed by atoms with Crippen LogP contribution in [0.1, 0.15) is 18.9 Å². The van der Waals surface area contributed by atoms with E-state index in [-0.39, 0.29) is 25.2 Å². The molecule has 34 heavy (non-hydrogen) atoms. The lowest BCUT2D eigenvalue weighted by Gasteiger charge is -2.35. The molecular formula is C21H19BrF7N3O2. The number of rotatable bonds is 4. The first kappa shape index (κ1) is 24.8. The van der Waals surface area contributed by atoms with Crippen molar-refractivity contribution in [2.75, 3.05) is 18.0 Å². The highest BCUT2D eigenvalue weighted by Gasteiger charge is 2.48. The molecule has 4 rings (SSSR count). The van der Waals surface area contributed by atoms with E-state index < -0.39 is 54.7 Å². The van der Waals surface area contributed by atoms with Gasteiger partial charge in [0.25, 0.3) is 0 Å². The Labute approximate surface area is 198 Å². The number of ether oxygens (including phenoxy) is 1. The molecule has 0 N–H and O–H groups in total. The van der Waals surface area contributed by atoms with Crippen molar-refractivity contribution < 1.29 is 40.3 Å². The van der Waals surface area contributed by atoms with Gasteiger partial charge in [-0.1, -0.05) is 6.08 Å². The van der Waals surface area contributed by atoms with Crippen molar-refractivity contribution in [3.05, 3.63) is 45.6 Å². The van der Waals surface area contributed by atoms with Gasteiger partial charge >= 0.3 is 18.4 Å². The van der Waals surface area contributed by atoms with Crippen LogP contribution in [-0.4, -0.2) is 59.7 Å². The summed E-state index contributed by atoms with van der Waals surface area (Å²) in [5, 5.41) is 0. The molecule has 0 spiro atoms. The molecule has 2 aliphatic heterocycles. The third kappa shape index (κ3) is 4.89. The average molecular weight is 558 g/mol. The maximum absolute atomic E-state index is 13.3. The van der Waals surface area contributed by atoms with Gasteiger partial charge in [-0.05, 0) is 52.6 Å². The second-order valence-electron chi connectivity index (χ2n) is 8.50. The highest BCUT2D eigenvalue weighted by atomic mass is 79.9. The van der Waals surface area contributed by atoms with Gasteiger partial charge in [-0.2, -0.15) is 26.3 Å². The van der Waals surface area contributed by atoms with Gasteiger partial charge in [-0.15, -0.1) is 0 Å². The Morgan fingerprint density at radius 1 is 1.21 bits per heavy atom. The van der Waals surface area contributed by atoms with E-state index in [0.29, 0.717) is 28.0 Å². The molecule has 5 nitrogen and oxygen atoms in total. The van der Waals surface area contributed by atoms with Gasteiger partial charge in [0, 0.05) is 16.2 Å². The Hall–Kier alpha value is -2.31. The first-order valence-electron chi connectivity index (χ1n) is 10.3. The molecule has 1 aromatic heterocycles. The van der Waals surface area contributed by atoms with E-state index in [1.54, 1.807) is 11.0 Å². The molecule has 2 fully saturated rings. The van der Waals surface area contributed by atoms with Crippen LogP contribution in [-0.2, 0) is 11.3 Å². The quantitative estimate of drug-likeness (QED) is 0.445. The molecule has 186 valence electrons. The molecule has 13 heteroatoms. The minimum atomic E-state index is -4.94. The number of cyclic esters (lactones) is 1. The minimum absolute atomic E-state index is 0.0364. The van der Waals surface area contributed by atoms with Gasteiger partial charge in [0.15, 0.2) is 0 Å². The van der Waals surface area contributed by atoms with Gasteiger partial charge in [0.05, 0.1) is 31.6 Å². The molecule has 1 aromatic rings. The van der Waals surface area contributed by atoms with Crippen LogP contribution < -0.4 is 4.90 Å². The van der Waals surface area contributed by atoms with Crippen LogP contribution in [0.25, 0.3) is 0 Å². The third-order valence-electron chi connectivity index (χ3n) is 6.10. The zero-order valence-corrected chi connectivity index (χ0v) is 19.2. The zero-order valence-electron chi connectivity index (χ0n) is 17.6. The number of carbonyl (C=O) groups is 1. The first-order chi connectivity index (χ1) is 15.7. The summed E-state index contributed by atoms with van der Waals surface area (Å²) in [5.74, 6) is -1.85. The number of aromatic nitrogens is 1. The fourth-order valence-corrected chi connectivity index (χ4v) is 4.48. The number of hydrogen-bond acceptors (Lipinski definition) is 4. The summed E-state index contributed by atoms with van der Waals surface area (Å²) in [6, 6.07) is 0.795. The van der Waals surface area contributed by atoms with Crippen LogP contribution in [0.15, 0.2) is 40.0 Å².